The third kappa shape index (κ3) is 5.02. The van der Waals surface area contributed by atoms with Crippen molar-refractivity contribution in [2.45, 2.75) is 18.8 Å². The molecular weight excluding hydrogens is 348 g/mol. The molecule has 27 heavy (non-hydrogen) atoms. The number of nitrogens with zero attached hydrogens (tertiary/aromatic N) is 1. The van der Waals surface area contributed by atoms with E-state index in [1.807, 2.05) is 0 Å². The van der Waals surface area contributed by atoms with Crippen LogP contribution in [0, 0.1) is 0 Å². The lowest BCUT2D eigenvalue weighted by atomic mass is 9.80. The second-order valence-corrected chi connectivity index (χ2v) is 6.84. The molecule has 1 heterocycles. The van der Waals surface area contributed by atoms with Crippen LogP contribution in [0.4, 0.5) is 0 Å². The quantitative estimate of drug-likeness (QED) is 0.440. The number of rotatable bonds is 6. The largest absolute Gasteiger partial charge is 0.478 e. The van der Waals surface area contributed by atoms with Gasteiger partial charge in [-0.25, -0.2) is 4.79 Å². The molecule has 0 unspecified atom stereocenters. The van der Waals surface area contributed by atoms with Gasteiger partial charge in [0.2, 0.25) is 0 Å². The number of allylic oxidation sites excluding steroid dienone is 1. The van der Waals surface area contributed by atoms with Gasteiger partial charge in [0.05, 0.1) is 24.4 Å². The van der Waals surface area contributed by atoms with Gasteiger partial charge in [-0.3, -0.25) is 14.5 Å². The van der Waals surface area contributed by atoms with Gasteiger partial charge in [0, 0.05) is 45.2 Å². The predicted molar refractivity (Wildman–Crippen MR) is 98.7 cm³/mol. The van der Waals surface area contributed by atoms with Crippen LogP contribution in [0.25, 0.3) is 0 Å². The van der Waals surface area contributed by atoms with E-state index in [0.29, 0.717) is 6.54 Å². The second-order valence-electron chi connectivity index (χ2n) is 6.84. The number of hydrogen-bond donors (Lipinski definition) is 2. The summed E-state index contributed by atoms with van der Waals surface area (Å²) in [6.45, 7) is 4.80. The Kier molecular flexibility index (Phi) is 6.36. The molecule has 1 aliphatic carbocycles. The Labute approximate surface area is 158 Å². The highest BCUT2D eigenvalue weighted by Crippen LogP contribution is 2.31. The van der Waals surface area contributed by atoms with E-state index in [0.717, 1.165) is 38.4 Å². The summed E-state index contributed by atoms with van der Waals surface area (Å²) in [5, 5.41) is 12.0. The molecule has 0 aromatic heterocycles. The summed E-state index contributed by atoms with van der Waals surface area (Å²) in [6, 6.07) is 6.38. The van der Waals surface area contributed by atoms with Gasteiger partial charge >= 0.3 is 5.97 Å². The van der Waals surface area contributed by atoms with E-state index in [4.69, 9.17) is 9.84 Å². The molecule has 7 heteroatoms. The molecule has 0 atom stereocenters. The molecule has 1 aromatic carbocycles. The summed E-state index contributed by atoms with van der Waals surface area (Å²) in [4.78, 5) is 38.0. The van der Waals surface area contributed by atoms with Gasteiger partial charge in [0.15, 0.2) is 11.6 Å². The number of ketones is 2. The van der Waals surface area contributed by atoms with Crippen LogP contribution in [0.15, 0.2) is 36.0 Å². The fourth-order valence-electron chi connectivity index (χ4n) is 3.41. The molecular formula is C20H24N2O5. The predicted octanol–water partition coefficient (Wildman–Crippen LogP) is 1.21. The van der Waals surface area contributed by atoms with Crippen molar-refractivity contribution in [3.63, 3.8) is 0 Å². The highest BCUT2D eigenvalue weighted by Gasteiger charge is 2.31. The number of morpholine rings is 1. The monoisotopic (exact) mass is 372 g/mol. The maximum Gasteiger partial charge on any atom is 0.335 e. The topological polar surface area (TPSA) is 95.9 Å². The van der Waals surface area contributed by atoms with Crippen molar-refractivity contribution in [3.8, 4) is 0 Å². The van der Waals surface area contributed by atoms with Crippen molar-refractivity contribution in [2.75, 3.05) is 39.4 Å². The number of aromatic carboxylic acids is 1. The van der Waals surface area contributed by atoms with Crippen LogP contribution < -0.4 is 5.32 Å². The van der Waals surface area contributed by atoms with Gasteiger partial charge in [-0.15, -0.1) is 0 Å². The normalized spacial score (nSPS) is 21.2. The molecule has 7 nitrogen and oxygen atoms in total. The standard InChI is InChI=1S/C20H24N2O5/c23-18-11-16(14-1-3-15(4-2-14)20(25)26)12-19(24)17(18)13-21-5-6-22-7-9-27-10-8-22/h1-4,13,16,21H,5-12H2,(H,25,26). The molecule has 1 saturated carbocycles. The summed E-state index contributed by atoms with van der Waals surface area (Å²) < 4.78 is 5.30. The Morgan fingerprint density at radius 3 is 2.37 bits per heavy atom. The van der Waals surface area contributed by atoms with Gasteiger partial charge in [0.25, 0.3) is 0 Å². The van der Waals surface area contributed by atoms with Crippen LogP contribution in [-0.4, -0.2) is 66.9 Å². The lowest BCUT2D eigenvalue weighted by molar-refractivity contribution is -0.124. The fraction of sp³-hybridized carbons (Fsp3) is 0.450. The number of hydrogen-bond acceptors (Lipinski definition) is 6. The summed E-state index contributed by atoms with van der Waals surface area (Å²) in [5.41, 5.74) is 1.24. The molecule has 3 rings (SSSR count). The first-order valence-electron chi connectivity index (χ1n) is 9.18. The number of benzene rings is 1. The average Bonchev–Trinajstić information content (AvgIpc) is 2.67. The number of carbonyl (C=O) groups excluding carboxylic acids is 2. The highest BCUT2D eigenvalue weighted by atomic mass is 16.5. The molecule has 0 radical (unpaired) electrons. The number of carboxylic acid groups (broad SMARTS) is 1. The highest BCUT2D eigenvalue weighted by molar-refractivity contribution is 6.22. The Hall–Kier alpha value is -2.51. The minimum absolute atomic E-state index is 0.169. The van der Waals surface area contributed by atoms with Gasteiger partial charge in [-0.05, 0) is 23.6 Å². The minimum Gasteiger partial charge on any atom is -0.478 e. The Bertz CT molecular complexity index is 715. The van der Waals surface area contributed by atoms with Crippen molar-refractivity contribution in [1.82, 2.24) is 10.2 Å². The Morgan fingerprint density at radius 1 is 1.15 bits per heavy atom. The molecule has 1 aromatic rings. The Balaban J connectivity index is 1.54. The molecule has 144 valence electrons. The van der Waals surface area contributed by atoms with E-state index in [1.54, 1.807) is 18.3 Å². The van der Waals surface area contributed by atoms with E-state index < -0.39 is 5.97 Å². The average molecular weight is 372 g/mol. The van der Waals surface area contributed by atoms with E-state index in [-0.39, 0.29) is 41.5 Å². The molecule has 0 spiro atoms. The summed E-state index contributed by atoms with van der Waals surface area (Å²) in [6.07, 6.45) is 2.07. The van der Waals surface area contributed by atoms with Crippen LogP contribution in [0.2, 0.25) is 0 Å². The summed E-state index contributed by atoms with van der Waals surface area (Å²) in [7, 11) is 0. The van der Waals surface area contributed by atoms with Crippen molar-refractivity contribution in [2.24, 2.45) is 0 Å². The van der Waals surface area contributed by atoms with Crippen molar-refractivity contribution >= 4 is 17.5 Å². The first-order chi connectivity index (χ1) is 13.0. The fourth-order valence-corrected chi connectivity index (χ4v) is 3.41. The summed E-state index contributed by atoms with van der Waals surface area (Å²) in [5.74, 6) is -1.53. The Morgan fingerprint density at radius 2 is 1.78 bits per heavy atom. The third-order valence-electron chi connectivity index (χ3n) is 5.02. The summed E-state index contributed by atoms with van der Waals surface area (Å²) >= 11 is 0. The number of carbonyl (C=O) groups is 3. The first kappa shape index (κ1) is 19.3. The van der Waals surface area contributed by atoms with Crippen LogP contribution in [0.5, 0.6) is 0 Å². The number of ether oxygens (including phenoxy) is 1. The van der Waals surface area contributed by atoms with Crippen molar-refractivity contribution in [3.05, 3.63) is 47.2 Å². The van der Waals surface area contributed by atoms with E-state index in [1.165, 1.54) is 12.1 Å². The van der Waals surface area contributed by atoms with E-state index >= 15 is 0 Å². The van der Waals surface area contributed by atoms with Crippen LogP contribution in [0.1, 0.15) is 34.7 Å². The number of carboxylic acids is 1. The molecule has 2 N–H and O–H groups in total. The molecule has 0 bridgehead atoms. The molecule has 2 fully saturated rings. The zero-order valence-corrected chi connectivity index (χ0v) is 15.1. The van der Waals surface area contributed by atoms with E-state index in [9.17, 15) is 14.4 Å². The first-order valence-corrected chi connectivity index (χ1v) is 9.18. The minimum atomic E-state index is -0.995. The maximum absolute atomic E-state index is 12.4. The number of nitrogens with one attached hydrogen (secondary N) is 1. The van der Waals surface area contributed by atoms with Gasteiger partial charge < -0.3 is 15.2 Å². The lowest BCUT2D eigenvalue weighted by Gasteiger charge is -2.26. The zero-order chi connectivity index (χ0) is 19.2. The van der Waals surface area contributed by atoms with Crippen LogP contribution in [-0.2, 0) is 14.3 Å². The maximum atomic E-state index is 12.4. The molecule has 1 aliphatic heterocycles. The van der Waals surface area contributed by atoms with Gasteiger partial charge in [0.1, 0.15) is 0 Å². The van der Waals surface area contributed by atoms with Crippen LogP contribution >= 0.6 is 0 Å². The van der Waals surface area contributed by atoms with E-state index in [2.05, 4.69) is 10.2 Å². The number of Topliss-reactive ketones (excluding diaryl/α,β-unsaturated/α-hetero) is 2. The lowest BCUT2D eigenvalue weighted by Crippen LogP contribution is -2.39. The van der Waals surface area contributed by atoms with Gasteiger partial charge in [-0.2, -0.15) is 0 Å². The zero-order valence-electron chi connectivity index (χ0n) is 15.1. The molecule has 2 aliphatic rings. The van der Waals surface area contributed by atoms with Crippen molar-refractivity contribution in [1.29, 1.82) is 0 Å². The smallest absolute Gasteiger partial charge is 0.335 e. The van der Waals surface area contributed by atoms with Gasteiger partial charge in [-0.1, -0.05) is 12.1 Å². The molecule has 0 amide bonds. The third-order valence-corrected chi connectivity index (χ3v) is 5.02. The SMILES string of the molecule is O=C1CC(c2ccc(C(=O)O)cc2)CC(=O)C1=CNCCN1CCOCC1. The van der Waals surface area contributed by atoms with Crippen molar-refractivity contribution < 1.29 is 24.2 Å². The molecule has 1 saturated heterocycles. The second kappa shape index (κ2) is 8.92. The van der Waals surface area contributed by atoms with Crippen LogP contribution in [0.3, 0.4) is 0 Å².